The van der Waals surface area contributed by atoms with Gasteiger partial charge in [-0.15, -0.1) is 0 Å². The summed E-state index contributed by atoms with van der Waals surface area (Å²) in [6.45, 7) is 17.1. The van der Waals surface area contributed by atoms with Crippen molar-refractivity contribution in [3.8, 4) is 33.9 Å². The van der Waals surface area contributed by atoms with Gasteiger partial charge in [-0.05, 0) is 150 Å². The summed E-state index contributed by atoms with van der Waals surface area (Å²) in [5.41, 5.74) is 15.3. The zero-order valence-electron chi connectivity index (χ0n) is 40.7. The lowest BCUT2D eigenvalue weighted by Gasteiger charge is -2.26. The van der Waals surface area contributed by atoms with Crippen molar-refractivity contribution in [3.05, 3.63) is 145 Å². The zero-order chi connectivity index (χ0) is 49.4. The van der Waals surface area contributed by atoms with E-state index in [0.717, 1.165) is 153 Å². The van der Waals surface area contributed by atoms with Gasteiger partial charge in [0.05, 0.1) is 50.0 Å². The Balaban J connectivity index is 0.000000162. The molecule has 8 aromatic rings. The number of nitrogens with one attached hydrogen (secondary N) is 1. The highest BCUT2D eigenvalue weighted by Gasteiger charge is 2.16. The number of aryl methyl sites for hydroxylation is 2. The average molecular weight is 959 g/mol. The highest BCUT2D eigenvalue weighted by Crippen LogP contribution is 2.26. The van der Waals surface area contributed by atoms with Crippen molar-refractivity contribution in [2.24, 2.45) is 5.73 Å². The van der Waals surface area contributed by atoms with Gasteiger partial charge in [0.25, 0.3) is 5.91 Å². The Labute approximate surface area is 414 Å². The smallest absolute Gasteiger partial charge is 0.338 e. The first-order valence-electron chi connectivity index (χ1n) is 24.3. The Morgan fingerprint density at radius 2 is 1.04 bits per heavy atom. The van der Waals surface area contributed by atoms with Gasteiger partial charge in [-0.1, -0.05) is 0 Å². The molecule has 2 fully saturated rings. The number of aromatic nitrogens is 8. The summed E-state index contributed by atoms with van der Waals surface area (Å²) in [6, 6.07) is 30.5. The molecular formula is C54H62N12O5. The number of amides is 1. The molecule has 2 aromatic carbocycles. The number of imidazole rings is 2. The summed E-state index contributed by atoms with van der Waals surface area (Å²) < 4.78 is 19.6. The Morgan fingerprint density at radius 1 is 0.592 bits per heavy atom. The molecule has 0 unspecified atom stereocenters. The summed E-state index contributed by atoms with van der Waals surface area (Å²) in [7, 11) is 0. The minimum Gasteiger partial charge on any atom is -0.462 e. The third kappa shape index (κ3) is 13.1. The van der Waals surface area contributed by atoms with E-state index in [1.54, 1.807) is 43.8 Å². The van der Waals surface area contributed by atoms with Crippen LogP contribution < -0.4 is 11.1 Å². The highest BCUT2D eigenvalue weighted by atomic mass is 16.5. The molecule has 17 heteroatoms. The molecule has 0 bridgehead atoms. The fourth-order valence-corrected chi connectivity index (χ4v) is 8.42. The van der Waals surface area contributed by atoms with Crippen LogP contribution in [-0.2, 0) is 14.2 Å². The number of pyridine rings is 4. The van der Waals surface area contributed by atoms with Crippen LogP contribution in [-0.4, -0.2) is 146 Å². The minimum absolute atomic E-state index is 0.0566. The van der Waals surface area contributed by atoms with Gasteiger partial charge in [0.15, 0.2) is 11.3 Å². The van der Waals surface area contributed by atoms with Crippen molar-refractivity contribution in [2.45, 2.75) is 33.6 Å². The Hall–Kier alpha value is -7.28. The van der Waals surface area contributed by atoms with Crippen molar-refractivity contribution >= 4 is 34.2 Å². The third-order valence-corrected chi connectivity index (χ3v) is 12.1. The number of fused-ring (bicyclic) bond motifs is 2. The number of nitrogens with two attached hydrogens (primary N) is 1. The van der Waals surface area contributed by atoms with Crippen LogP contribution in [0.25, 0.3) is 56.2 Å². The van der Waals surface area contributed by atoms with Crippen LogP contribution >= 0.6 is 0 Å². The molecule has 8 heterocycles. The monoisotopic (exact) mass is 958 g/mol. The number of rotatable bonds is 14. The van der Waals surface area contributed by atoms with E-state index in [1.807, 2.05) is 108 Å². The number of nitrogens with zero attached hydrogens (tertiary/aromatic N) is 10. The van der Waals surface area contributed by atoms with Gasteiger partial charge in [0, 0.05) is 85.6 Å². The van der Waals surface area contributed by atoms with Crippen LogP contribution in [0.4, 0.5) is 0 Å². The van der Waals surface area contributed by atoms with Gasteiger partial charge in [-0.25, -0.2) is 24.7 Å². The second-order valence-electron chi connectivity index (χ2n) is 17.0. The number of esters is 1. The van der Waals surface area contributed by atoms with E-state index in [-0.39, 0.29) is 11.9 Å². The van der Waals surface area contributed by atoms with Crippen LogP contribution in [0.1, 0.15) is 52.1 Å². The molecule has 368 valence electrons. The molecule has 17 nitrogen and oxygen atoms in total. The van der Waals surface area contributed by atoms with E-state index < -0.39 is 0 Å². The maximum atomic E-state index is 12.6. The van der Waals surface area contributed by atoms with Gasteiger partial charge in [0.1, 0.15) is 22.7 Å². The molecule has 2 aliphatic rings. The summed E-state index contributed by atoms with van der Waals surface area (Å²) in [5, 5.41) is 3.03. The average Bonchev–Trinajstić information content (AvgIpc) is 3.94. The van der Waals surface area contributed by atoms with Gasteiger partial charge in [-0.3, -0.25) is 33.7 Å². The van der Waals surface area contributed by atoms with Crippen molar-refractivity contribution in [3.63, 3.8) is 0 Å². The second kappa shape index (κ2) is 25.0. The number of hydrogen-bond donors (Lipinski definition) is 2. The first-order chi connectivity index (χ1) is 34.8. The Bertz CT molecular complexity index is 2950. The number of carbonyl (C=O) groups excluding carboxylic acids is 2. The SMILES string of the molecule is CCOC(=O)c1ccc(-n2c(C)nc3ccc(-c4ccncc4)nc32)cc1.Cc1nc2ccc(-c3ccncc3)nc2n1-c1ccc(C(=O)NCCCN2CCOCC2)cc1.NCCCN1CCOCC1. The molecule has 71 heavy (non-hydrogen) atoms. The number of hydrogen-bond acceptors (Lipinski definition) is 14. The van der Waals surface area contributed by atoms with Gasteiger partial charge >= 0.3 is 5.97 Å². The van der Waals surface area contributed by atoms with Crippen LogP contribution in [0.3, 0.4) is 0 Å². The van der Waals surface area contributed by atoms with Crippen molar-refractivity contribution in [1.29, 1.82) is 0 Å². The number of ether oxygens (including phenoxy) is 3. The first-order valence-corrected chi connectivity index (χ1v) is 24.3. The van der Waals surface area contributed by atoms with E-state index in [9.17, 15) is 9.59 Å². The zero-order valence-corrected chi connectivity index (χ0v) is 40.7. The molecule has 3 N–H and O–H groups in total. The number of benzene rings is 2. The predicted molar refractivity (Wildman–Crippen MR) is 275 cm³/mol. The quantitative estimate of drug-likeness (QED) is 0.0847. The molecule has 10 rings (SSSR count). The summed E-state index contributed by atoms with van der Waals surface area (Å²) in [4.78, 5) is 56.3. The third-order valence-electron chi connectivity index (χ3n) is 12.1. The standard InChI is InChI=1S/C26H28N6O2.C21H18N4O2.C7H16N2O/c1-19-29-24-8-7-23(20-9-12-27-13-10-20)30-25(24)32(19)22-5-3-21(4-6-22)26(33)28-11-2-14-31-15-17-34-18-16-31;1-3-27-21(26)16-4-6-17(7-5-16)25-14(2)23-19-9-8-18(24-20(19)25)15-10-12-22-13-11-15;8-2-1-3-9-4-6-10-7-5-9/h3-10,12-13H,2,11,14-18H2,1H3,(H,28,33);4-13H,3H2,1-2H3;1-8H2. The van der Waals surface area contributed by atoms with E-state index >= 15 is 0 Å². The van der Waals surface area contributed by atoms with Crippen molar-refractivity contribution in [2.75, 3.05) is 85.4 Å². The van der Waals surface area contributed by atoms with Crippen LogP contribution in [0.15, 0.2) is 122 Å². The van der Waals surface area contributed by atoms with E-state index in [2.05, 4.69) is 35.1 Å². The molecule has 1 amide bonds. The lowest BCUT2D eigenvalue weighted by molar-refractivity contribution is 0.0374. The van der Waals surface area contributed by atoms with Gasteiger partial charge in [0.2, 0.25) is 0 Å². The number of carbonyl (C=O) groups is 2. The molecule has 0 radical (unpaired) electrons. The van der Waals surface area contributed by atoms with E-state index in [0.29, 0.717) is 24.3 Å². The summed E-state index contributed by atoms with van der Waals surface area (Å²) in [6.07, 6.45) is 9.05. The molecule has 0 atom stereocenters. The van der Waals surface area contributed by atoms with Crippen LogP contribution in [0.5, 0.6) is 0 Å². The molecule has 0 aliphatic carbocycles. The lowest BCUT2D eigenvalue weighted by atomic mass is 10.1. The topological polar surface area (TPSA) is 194 Å². The second-order valence-corrected chi connectivity index (χ2v) is 17.0. The van der Waals surface area contributed by atoms with Gasteiger partial charge < -0.3 is 25.3 Å². The summed E-state index contributed by atoms with van der Waals surface area (Å²) in [5.74, 6) is 1.29. The lowest BCUT2D eigenvalue weighted by Crippen LogP contribution is -2.38. The molecular weight excluding hydrogens is 897 g/mol. The normalized spacial score (nSPS) is 14.0. The maximum absolute atomic E-state index is 12.6. The predicted octanol–water partition coefficient (Wildman–Crippen LogP) is 6.88. The first kappa shape index (κ1) is 50.1. The number of morpholine rings is 2. The van der Waals surface area contributed by atoms with E-state index in [1.165, 1.54) is 0 Å². The largest absolute Gasteiger partial charge is 0.462 e. The van der Waals surface area contributed by atoms with Crippen molar-refractivity contribution < 1.29 is 23.8 Å². The highest BCUT2D eigenvalue weighted by molar-refractivity contribution is 5.94. The minimum atomic E-state index is -0.325. The molecule has 0 saturated carbocycles. The fourth-order valence-electron chi connectivity index (χ4n) is 8.42. The van der Waals surface area contributed by atoms with Crippen molar-refractivity contribution in [1.82, 2.24) is 54.2 Å². The molecule has 2 aliphatic heterocycles. The van der Waals surface area contributed by atoms with Crippen LogP contribution in [0, 0.1) is 13.8 Å². The van der Waals surface area contributed by atoms with Gasteiger partial charge in [-0.2, -0.15) is 0 Å². The van der Waals surface area contributed by atoms with Crippen LogP contribution in [0.2, 0.25) is 0 Å². The molecule has 2 saturated heterocycles. The molecule has 0 spiro atoms. The Morgan fingerprint density at radius 3 is 1.49 bits per heavy atom. The maximum Gasteiger partial charge on any atom is 0.338 e. The summed E-state index contributed by atoms with van der Waals surface area (Å²) >= 11 is 0. The van der Waals surface area contributed by atoms with E-state index in [4.69, 9.17) is 29.9 Å². The Kier molecular flexibility index (Phi) is 17.7. The molecule has 6 aromatic heterocycles. The fraction of sp³-hybridized carbons (Fsp3) is 0.333.